The van der Waals surface area contributed by atoms with Gasteiger partial charge in [-0.2, -0.15) is 0 Å². The van der Waals surface area contributed by atoms with E-state index in [0.29, 0.717) is 6.61 Å². The highest BCUT2D eigenvalue weighted by Gasteiger charge is 2.10. The third-order valence-electron chi connectivity index (χ3n) is 2.17. The Labute approximate surface area is 78.3 Å². The van der Waals surface area contributed by atoms with Crippen molar-refractivity contribution in [1.29, 1.82) is 0 Å². The zero-order chi connectivity index (χ0) is 9.10. The van der Waals surface area contributed by atoms with E-state index < -0.39 is 0 Å². The van der Waals surface area contributed by atoms with E-state index in [4.69, 9.17) is 4.74 Å². The molecule has 0 fully saturated rings. The maximum atomic E-state index is 5.49. The first-order chi connectivity index (χ1) is 6.42. The topological polar surface area (TPSA) is 9.23 Å². The molecule has 0 spiro atoms. The van der Waals surface area contributed by atoms with Crippen LogP contribution in [0.1, 0.15) is 12.0 Å². The highest BCUT2D eigenvalue weighted by molar-refractivity contribution is 5.72. The molecule has 1 aromatic rings. The van der Waals surface area contributed by atoms with Crippen LogP contribution in [0.4, 0.5) is 0 Å². The van der Waals surface area contributed by atoms with Crippen LogP contribution < -0.4 is 4.74 Å². The zero-order valence-electron chi connectivity index (χ0n) is 7.49. The molecule has 0 saturated heterocycles. The fraction of sp³-hybridized carbons (Fsp3) is 0.167. The van der Waals surface area contributed by atoms with Crippen molar-refractivity contribution in [2.75, 3.05) is 6.61 Å². The lowest BCUT2D eigenvalue weighted by molar-refractivity contribution is 0.357. The molecule has 13 heavy (non-hydrogen) atoms. The van der Waals surface area contributed by atoms with E-state index in [9.17, 15) is 0 Å². The molecule has 0 radical (unpaired) electrons. The second kappa shape index (κ2) is 3.48. The smallest absolute Gasteiger partial charge is 0.127 e. The quantitative estimate of drug-likeness (QED) is 0.623. The maximum Gasteiger partial charge on any atom is 0.127 e. The molecular weight excluding hydrogens is 160 g/mol. The molecule has 0 aromatic heterocycles. The predicted molar refractivity (Wildman–Crippen MR) is 54.7 cm³/mol. The molecule has 0 atom stereocenters. The Kier molecular flexibility index (Phi) is 2.17. The van der Waals surface area contributed by atoms with Gasteiger partial charge in [-0.25, -0.2) is 0 Å². The van der Waals surface area contributed by atoms with Gasteiger partial charge in [0.1, 0.15) is 12.4 Å². The normalized spacial score (nSPS) is 14.0. The molecule has 0 aliphatic carbocycles. The molecular formula is C12H12O. The minimum Gasteiger partial charge on any atom is -0.489 e. The number of para-hydroxylation sites is 1. The van der Waals surface area contributed by atoms with Gasteiger partial charge in [0.05, 0.1) is 0 Å². The minimum atomic E-state index is 0.681. The highest BCUT2D eigenvalue weighted by Crippen LogP contribution is 2.31. The zero-order valence-corrected chi connectivity index (χ0v) is 7.49. The average molecular weight is 172 g/mol. The van der Waals surface area contributed by atoms with Crippen molar-refractivity contribution in [2.24, 2.45) is 0 Å². The van der Waals surface area contributed by atoms with E-state index in [0.717, 1.165) is 12.2 Å². The summed E-state index contributed by atoms with van der Waals surface area (Å²) < 4.78 is 5.49. The summed E-state index contributed by atoms with van der Waals surface area (Å²) >= 11 is 0. The third kappa shape index (κ3) is 1.50. The Morgan fingerprint density at radius 3 is 3.08 bits per heavy atom. The fourth-order valence-corrected chi connectivity index (χ4v) is 1.55. The number of rotatable bonds is 2. The largest absolute Gasteiger partial charge is 0.489 e. The Morgan fingerprint density at radius 2 is 2.23 bits per heavy atom. The van der Waals surface area contributed by atoms with Crippen LogP contribution in [0.3, 0.4) is 0 Å². The molecule has 66 valence electrons. The van der Waals surface area contributed by atoms with Gasteiger partial charge in [0.15, 0.2) is 0 Å². The van der Waals surface area contributed by atoms with Crippen LogP contribution in [-0.2, 0) is 0 Å². The molecule has 0 amide bonds. The third-order valence-corrected chi connectivity index (χ3v) is 2.17. The molecule has 0 saturated carbocycles. The SMILES string of the molecule is C=CCC1=CCOc2ccccc21. The summed E-state index contributed by atoms with van der Waals surface area (Å²) in [6.07, 6.45) is 4.96. The fourth-order valence-electron chi connectivity index (χ4n) is 1.55. The molecule has 0 N–H and O–H groups in total. The van der Waals surface area contributed by atoms with Gasteiger partial charge in [-0.1, -0.05) is 24.3 Å². The van der Waals surface area contributed by atoms with Gasteiger partial charge in [0, 0.05) is 5.56 Å². The number of allylic oxidation sites excluding steroid dienone is 2. The van der Waals surface area contributed by atoms with Crippen LogP contribution in [-0.4, -0.2) is 6.61 Å². The Balaban J connectivity index is 2.41. The van der Waals surface area contributed by atoms with Gasteiger partial charge >= 0.3 is 0 Å². The first-order valence-corrected chi connectivity index (χ1v) is 4.44. The van der Waals surface area contributed by atoms with E-state index >= 15 is 0 Å². The van der Waals surface area contributed by atoms with Gasteiger partial charge in [-0.15, -0.1) is 6.58 Å². The lowest BCUT2D eigenvalue weighted by atomic mass is 10.00. The molecule has 1 aliphatic heterocycles. The van der Waals surface area contributed by atoms with Crippen LogP contribution in [0.25, 0.3) is 5.57 Å². The number of fused-ring (bicyclic) bond motifs is 1. The summed E-state index contributed by atoms with van der Waals surface area (Å²) in [7, 11) is 0. The summed E-state index contributed by atoms with van der Waals surface area (Å²) in [6.45, 7) is 4.43. The van der Waals surface area contributed by atoms with Crippen molar-refractivity contribution >= 4 is 5.57 Å². The molecule has 1 nitrogen and oxygen atoms in total. The van der Waals surface area contributed by atoms with Gasteiger partial charge in [0.2, 0.25) is 0 Å². The number of hydrogen-bond donors (Lipinski definition) is 0. The summed E-state index contributed by atoms with van der Waals surface area (Å²) in [5.41, 5.74) is 2.52. The van der Waals surface area contributed by atoms with E-state index in [1.54, 1.807) is 0 Å². The summed E-state index contributed by atoms with van der Waals surface area (Å²) in [5, 5.41) is 0. The average Bonchev–Trinajstić information content (AvgIpc) is 2.19. The molecule has 1 heterocycles. The summed E-state index contributed by atoms with van der Waals surface area (Å²) in [5.74, 6) is 0.988. The lowest BCUT2D eigenvalue weighted by Gasteiger charge is -2.17. The molecule has 1 heteroatoms. The predicted octanol–water partition coefficient (Wildman–Crippen LogP) is 3.04. The Hall–Kier alpha value is -1.50. The second-order valence-electron chi connectivity index (χ2n) is 3.03. The van der Waals surface area contributed by atoms with Gasteiger partial charge < -0.3 is 4.74 Å². The van der Waals surface area contributed by atoms with E-state index in [2.05, 4.69) is 18.7 Å². The molecule has 2 rings (SSSR count). The molecule has 0 unspecified atom stereocenters. The standard InChI is InChI=1S/C12H12O/c1-2-5-10-8-9-13-12-7-4-3-6-11(10)12/h2-4,6-8H,1,5,9H2. The van der Waals surface area contributed by atoms with Crippen LogP contribution in [0.15, 0.2) is 43.0 Å². The van der Waals surface area contributed by atoms with Crippen LogP contribution in [0.2, 0.25) is 0 Å². The number of benzene rings is 1. The number of ether oxygens (including phenoxy) is 1. The monoisotopic (exact) mass is 172 g/mol. The van der Waals surface area contributed by atoms with Crippen LogP contribution >= 0.6 is 0 Å². The Bertz CT molecular complexity index is 350. The van der Waals surface area contributed by atoms with Crippen LogP contribution in [0, 0.1) is 0 Å². The first kappa shape index (κ1) is 8.11. The first-order valence-electron chi connectivity index (χ1n) is 4.44. The van der Waals surface area contributed by atoms with Crippen molar-refractivity contribution in [3.63, 3.8) is 0 Å². The van der Waals surface area contributed by atoms with Crippen molar-refractivity contribution in [3.05, 3.63) is 48.6 Å². The molecule has 1 aliphatic rings. The van der Waals surface area contributed by atoms with Crippen molar-refractivity contribution < 1.29 is 4.74 Å². The molecule has 1 aromatic carbocycles. The van der Waals surface area contributed by atoms with Gasteiger partial charge in [0.25, 0.3) is 0 Å². The highest BCUT2D eigenvalue weighted by atomic mass is 16.5. The number of hydrogen-bond acceptors (Lipinski definition) is 1. The van der Waals surface area contributed by atoms with Gasteiger partial charge in [-0.3, -0.25) is 0 Å². The van der Waals surface area contributed by atoms with E-state index in [1.807, 2.05) is 24.3 Å². The summed E-state index contributed by atoms with van der Waals surface area (Å²) in [4.78, 5) is 0. The minimum absolute atomic E-state index is 0.681. The van der Waals surface area contributed by atoms with Crippen molar-refractivity contribution in [3.8, 4) is 5.75 Å². The second-order valence-corrected chi connectivity index (χ2v) is 3.03. The Morgan fingerprint density at radius 1 is 1.38 bits per heavy atom. The summed E-state index contributed by atoms with van der Waals surface area (Å²) in [6, 6.07) is 8.12. The van der Waals surface area contributed by atoms with Crippen molar-refractivity contribution in [1.82, 2.24) is 0 Å². The van der Waals surface area contributed by atoms with Crippen LogP contribution in [0.5, 0.6) is 5.75 Å². The van der Waals surface area contributed by atoms with Crippen molar-refractivity contribution in [2.45, 2.75) is 6.42 Å². The maximum absolute atomic E-state index is 5.49. The molecule has 0 bridgehead atoms. The van der Waals surface area contributed by atoms with Gasteiger partial charge in [-0.05, 0) is 24.1 Å². The van der Waals surface area contributed by atoms with E-state index in [-0.39, 0.29) is 0 Å². The van der Waals surface area contributed by atoms with E-state index in [1.165, 1.54) is 11.1 Å². The lowest BCUT2D eigenvalue weighted by Crippen LogP contribution is -2.03.